The van der Waals surface area contributed by atoms with Gasteiger partial charge in [0.25, 0.3) is 0 Å². The van der Waals surface area contributed by atoms with E-state index in [1.54, 1.807) is 19.2 Å². The van der Waals surface area contributed by atoms with Gasteiger partial charge in [-0.15, -0.1) is 11.3 Å². The quantitative estimate of drug-likeness (QED) is 0.148. The van der Waals surface area contributed by atoms with Gasteiger partial charge in [0.1, 0.15) is 16.4 Å². The summed E-state index contributed by atoms with van der Waals surface area (Å²) in [6.45, 7) is 3.69. The van der Waals surface area contributed by atoms with Crippen LogP contribution in [0, 0.1) is 0 Å². The molecular formula is C39H34F2N2O4S. The maximum absolute atomic E-state index is 13.8. The Balaban J connectivity index is 1.36. The van der Waals surface area contributed by atoms with Gasteiger partial charge >= 0.3 is 12.1 Å². The standard InChI is InChI=1S/C39H34F2N2O4S/c1-3-39(40,41)47-30-14-8-12-26(21-30)31-17-15-27-20-28(16-18-32(27)42-31)36-35(25-10-5-4-6-11-25)37-33(22-34(48-37)38(44)45)43(36)23-24-9-7-13-29(19-24)46-2/h3,7-9,12-22,25H,1,4-6,10-11,23H2,2H3,(H,44,45). The maximum atomic E-state index is 13.8. The highest BCUT2D eigenvalue weighted by Gasteiger charge is 2.30. The predicted molar refractivity (Wildman–Crippen MR) is 187 cm³/mol. The van der Waals surface area contributed by atoms with Crippen molar-refractivity contribution in [3.05, 3.63) is 114 Å². The van der Waals surface area contributed by atoms with Crippen molar-refractivity contribution < 1.29 is 28.2 Å². The van der Waals surface area contributed by atoms with Gasteiger partial charge in [-0.05, 0) is 84.0 Å². The minimum absolute atomic E-state index is 0.0210. The highest BCUT2D eigenvalue weighted by atomic mass is 32.1. The van der Waals surface area contributed by atoms with Crippen LogP contribution in [0.2, 0.25) is 0 Å². The van der Waals surface area contributed by atoms with Crippen molar-refractivity contribution in [1.82, 2.24) is 9.55 Å². The number of hydrogen-bond acceptors (Lipinski definition) is 5. The van der Waals surface area contributed by atoms with E-state index < -0.39 is 12.1 Å². The Bertz CT molecular complexity index is 2160. The molecule has 3 aromatic heterocycles. The number of nitrogens with zero attached hydrogens (tertiary/aromatic N) is 2. The fourth-order valence-electron chi connectivity index (χ4n) is 6.80. The van der Waals surface area contributed by atoms with Gasteiger partial charge < -0.3 is 19.1 Å². The topological polar surface area (TPSA) is 73.6 Å². The summed E-state index contributed by atoms with van der Waals surface area (Å²) in [4.78, 5) is 17.4. The third-order valence-corrected chi connectivity index (χ3v) is 10.2. The second kappa shape index (κ2) is 12.9. The van der Waals surface area contributed by atoms with Crippen molar-refractivity contribution in [3.8, 4) is 34.0 Å². The molecule has 1 saturated carbocycles. The minimum atomic E-state index is -3.48. The number of thiophene rings is 1. The number of carboxylic acids is 1. The van der Waals surface area contributed by atoms with Gasteiger partial charge in [0, 0.05) is 23.6 Å². The molecule has 244 valence electrons. The number of rotatable bonds is 10. The van der Waals surface area contributed by atoms with E-state index in [9.17, 15) is 18.7 Å². The van der Waals surface area contributed by atoms with E-state index in [4.69, 9.17) is 14.5 Å². The molecule has 0 bridgehead atoms. The van der Waals surface area contributed by atoms with Gasteiger partial charge in [-0.2, -0.15) is 8.78 Å². The summed E-state index contributed by atoms with van der Waals surface area (Å²) in [6, 6.07) is 26.3. The Kier molecular flexibility index (Phi) is 8.47. The zero-order chi connectivity index (χ0) is 33.4. The molecule has 6 nitrogen and oxygen atoms in total. The number of carbonyl (C=O) groups is 1. The number of benzene rings is 3. The Morgan fingerprint density at radius 3 is 2.56 bits per heavy atom. The number of halogens is 2. The van der Waals surface area contributed by atoms with Gasteiger partial charge in [0.2, 0.25) is 0 Å². The van der Waals surface area contributed by atoms with E-state index in [0.29, 0.717) is 34.7 Å². The molecule has 1 aliphatic rings. The Morgan fingerprint density at radius 1 is 1.00 bits per heavy atom. The van der Waals surface area contributed by atoms with Gasteiger partial charge in [-0.3, -0.25) is 0 Å². The number of fused-ring (bicyclic) bond motifs is 2. The molecule has 0 saturated heterocycles. The molecule has 0 atom stereocenters. The Morgan fingerprint density at radius 2 is 1.79 bits per heavy atom. The van der Waals surface area contributed by atoms with Crippen molar-refractivity contribution in [3.63, 3.8) is 0 Å². The average Bonchev–Trinajstić information content (AvgIpc) is 3.66. The van der Waals surface area contributed by atoms with Gasteiger partial charge in [-0.25, -0.2) is 9.78 Å². The molecule has 0 amide bonds. The van der Waals surface area contributed by atoms with Crippen LogP contribution in [-0.4, -0.2) is 33.8 Å². The molecule has 0 unspecified atom stereocenters. The Labute approximate surface area is 280 Å². The van der Waals surface area contributed by atoms with E-state index in [0.717, 1.165) is 69.4 Å². The van der Waals surface area contributed by atoms with Crippen molar-refractivity contribution in [2.24, 2.45) is 0 Å². The fourth-order valence-corrected chi connectivity index (χ4v) is 7.93. The summed E-state index contributed by atoms with van der Waals surface area (Å²) in [5.74, 6) is 0.190. The third kappa shape index (κ3) is 6.18. The number of hydrogen-bond donors (Lipinski definition) is 1. The van der Waals surface area contributed by atoms with E-state index in [1.165, 1.54) is 29.4 Å². The Hall–Kier alpha value is -5.02. The van der Waals surface area contributed by atoms with E-state index in [-0.39, 0.29) is 5.75 Å². The van der Waals surface area contributed by atoms with Crippen molar-refractivity contribution >= 4 is 38.4 Å². The summed E-state index contributed by atoms with van der Waals surface area (Å²) in [6.07, 6.45) is 2.61. The normalized spacial score (nSPS) is 14.0. The molecule has 0 spiro atoms. The van der Waals surface area contributed by atoms with Crippen LogP contribution < -0.4 is 9.47 Å². The molecule has 6 aromatic rings. The summed E-state index contributed by atoms with van der Waals surface area (Å²) in [5, 5.41) is 10.9. The van der Waals surface area contributed by atoms with Crippen LogP contribution in [-0.2, 0) is 6.54 Å². The molecule has 0 aliphatic heterocycles. The van der Waals surface area contributed by atoms with E-state index in [1.807, 2.05) is 48.5 Å². The van der Waals surface area contributed by atoms with Crippen LogP contribution in [0.15, 0.2) is 97.6 Å². The lowest BCUT2D eigenvalue weighted by atomic mass is 9.83. The first kappa shape index (κ1) is 31.6. The number of aromatic nitrogens is 2. The molecule has 7 rings (SSSR count). The van der Waals surface area contributed by atoms with E-state index >= 15 is 0 Å². The molecule has 9 heteroatoms. The van der Waals surface area contributed by atoms with Crippen LogP contribution in [0.25, 0.3) is 43.6 Å². The number of alkyl halides is 2. The van der Waals surface area contributed by atoms with Crippen LogP contribution in [0.1, 0.15) is 58.8 Å². The first-order chi connectivity index (χ1) is 23.2. The monoisotopic (exact) mass is 664 g/mol. The smallest absolute Gasteiger partial charge is 0.419 e. The summed E-state index contributed by atoms with van der Waals surface area (Å²) >= 11 is 1.36. The van der Waals surface area contributed by atoms with E-state index in [2.05, 4.69) is 29.3 Å². The number of carboxylic acid groups (broad SMARTS) is 1. The van der Waals surface area contributed by atoms with Gasteiger partial charge in [-0.1, -0.05) is 62.2 Å². The fraction of sp³-hybridized carbons (Fsp3) is 0.231. The van der Waals surface area contributed by atoms with Gasteiger partial charge in [0.15, 0.2) is 0 Å². The first-order valence-corrected chi connectivity index (χ1v) is 16.8. The van der Waals surface area contributed by atoms with Crippen LogP contribution in [0.5, 0.6) is 11.5 Å². The van der Waals surface area contributed by atoms with Crippen molar-refractivity contribution in [2.75, 3.05) is 7.11 Å². The molecule has 0 radical (unpaired) electrons. The SMILES string of the molecule is C=CC(F)(F)Oc1cccc(-c2ccc3cc(-c4c(C5CCCCC5)c5sc(C(=O)O)cc5n4Cc4cccc(OC)c4)ccc3n2)c1. The summed E-state index contributed by atoms with van der Waals surface area (Å²) in [5.41, 5.74) is 7.38. The van der Waals surface area contributed by atoms with Crippen LogP contribution >= 0.6 is 11.3 Å². The number of pyridine rings is 1. The summed E-state index contributed by atoms with van der Waals surface area (Å²) < 4.78 is 41.2. The summed E-state index contributed by atoms with van der Waals surface area (Å²) in [7, 11) is 1.65. The lowest BCUT2D eigenvalue weighted by molar-refractivity contribution is -0.131. The molecule has 1 fully saturated rings. The largest absolute Gasteiger partial charge is 0.497 e. The maximum Gasteiger partial charge on any atom is 0.419 e. The highest BCUT2D eigenvalue weighted by molar-refractivity contribution is 7.21. The highest BCUT2D eigenvalue weighted by Crippen LogP contribution is 2.47. The second-order valence-electron chi connectivity index (χ2n) is 12.2. The van der Waals surface area contributed by atoms with Crippen molar-refractivity contribution in [1.29, 1.82) is 0 Å². The zero-order valence-electron chi connectivity index (χ0n) is 26.4. The minimum Gasteiger partial charge on any atom is -0.497 e. The first-order valence-electron chi connectivity index (χ1n) is 16.0. The molecule has 3 aromatic carbocycles. The van der Waals surface area contributed by atoms with Crippen molar-refractivity contribution in [2.45, 2.75) is 50.7 Å². The average molecular weight is 665 g/mol. The molecule has 1 aliphatic carbocycles. The second-order valence-corrected chi connectivity index (χ2v) is 13.2. The number of methoxy groups -OCH3 is 1. The molecule has 3 heterocycles. The number of aromatic carboxylic acids is 1. The van der Waals surface area contributed by atoms with Crippen LogP contribution in [0.3, 0.4) is 0 Å². The third-order valence-electron chi connectivity index (χ3n) is 9.06. The van der Waals surface area contributed by atoms with Crippen LogP contribution in [0.4, 0.5) is 8.78 Å². The molecule has 1 N–H and O–H groups in total. The van der Waals surface area contributed by atoms with Gasteiger partial charge in [0.05, 0.1) is 34.2 Å². The lowest BCUT2D eigenvalue weighted by Gasteiger charge is -2.24. The molecular weight excluding hydrogens is 631 g/mol. The lowest BCUT2D eigenvalue weighted by Crippen LogP contribution is -2.20. The predicted octanol–water partition coefficient (Wildman–Crippen LogP) is 10.5. The zero-order valence-corrected chi connectivity index (χ0v) is 27.2. The number of ether oxygens (including phenoxy) is 2. The molecule has 48 heavy (non-hydrogen) atoms.